The van der Waals surface area contributed by atoms with Crippen LogP contribution in [-0.2, 0) is 16.9 Å². The van der Waals surface area contributed by atoms with Crippen LogP contribution in [0.5, 0.6) is 0 Å². The van der Waals surface area contributed by atoms with Gasteiger partial charge in [-0.2, -0.15) is 15.6 Å². The van der Waals surface area contributed by atoms with Crippen LogP contribution in [0.1, 0.15) is 66.4 Å². The summed E-state index contributed by atoms with van der Waals surface area (Å²) in [5.74, 6) is -0.659. The maximum atomic E-state index is 12.2. The van der Waals surface area contributed by atoms with Gasteiger partial charge in [0, 0.05) is 24.7 Å². The molecule has 0 aliphatic heterocycles. The maximum absolute atomic E-state index is 12.2. The second-order valence-electron chi connectivity index (χ2n) is 8.99. The summed E-state index contributed by atoms with van der Waals surface area (Å²) in [5, 5.41) is 29.4. The highest BCUT2D eigenvalue weighted by molar-refractivity contribution is 6.02. The third kappa shape index (κ3) is 5.05. The standard InChI is InChI=1S/C24H27N7O2/c25-11-10-24(31-15-20(21(27)32)22(30-31)29-23(33)18-4-5-18)8-6-19(7-9-24)28-14-17-3-1-2-16(12-17)13-26/h1-3,12,15,18-19,28H,4-10,14H2,(H2,27,32)(H,29,30,33)/t19-,24-. The van der Waals surface area contributed by atoms with Gasteiger partial charge in [-0.15, -0.1) is 0 Å². The number of carbonyl (C=O) groups is 2. The van der Waals surface area contributed by atoms with E-state index in [4.69, 9.17) is 11.0 Å². The first-order chi connectivity index (χ1) is 15.9. The Labute approximate surface area is 192 Å². The third-order valence-corrected chi connectivity index (χ3v) is 6.63. The van der Waals surface area contributed by atoms with Gasteiger partial charge in [-0.3, -0.25) is 14.3 Å². The van der Waals surface area contributed by atoms with Gasteiger partial charge in [-0.05, 0) is 56.2 Å². The first-order valence-corrected chi connectivity index (χ1v) is 11.2. The number of aromatic nitrogens is 2. The van der Waals surface area contributed by atoms with Crippen molar-refractivity contribution in [2.24, 2.45) is 11.7 Å². The molecule has 0 atom stereocenters. The molecule has 0 spiro atoms. The van der Waals surface area contributed by atoms with Crippen molar-refractivity contribution in [3.8, 4) is 12.1 Å². The van der Waals surface area contributed by atoms with E-state index in [1.165, 1.54) is 0 Å². The van der Waals surface area contributed by atoms with Crippen molar-refractivity contribution in [2.75, 3.05) is 5.32 Å². The number of nitrogens with two attached hydrogens (primary N) is 1. The van der Waals surface area contributed by atoms with Crippen molar-refractivity contribution in [1.82, 2.24) is 15.1 Å². The van der Waals surface area contributed by atoms with Crippen LogP contribution in [0, 0.1) is 28.6 Å². The van der Waals surface area contributed by atoms with E-state index < -0.39 is 11.4 Å². The molecular weight excluding hydrogens is 418 g/mol. The minimum atomic E-state index is -0.658. The lowest BCUT2D eigenvalue weighted by Gasteiger charge is -2.39. The Morgan fingerprint density at radius 3 is 2.61 bits per heavy atom. The van der Waals surface area contributed by atoms with Crippen molar-refractivity contribution in [1.29, 1.82) is 10.5 Å². The number of anilines is 1. The zero-order chi connectivity index (χ0) is 23.4. The molecule has 0 unspecified atom stereocenters. The first-order valence-electron chi connectivity index (χ1n) is 11.2. The van der Waals surface area contributed by atoms with Gasteiger partial charge in [-0.1, -0.05) is 12.1 Å². The second kappa shape index (κ2) is 9.43. The van der Waals surface area contributed by atoms with Crippen LogP contribution in [0.3, 0.4) is 0 Å². The Kier molecular flexibility index (Phi) is 6.43. The number of primary amides is 1. The lowest BCUT2D eigenvalue weighted by Crippen LogP contribution is -2.43. The molecule has 170 valence electrons. The number of rotatable bonds is 8. The van der Waals surface area contributed by atoms with E-state index in [0.717, 1.165) is 31.2 Å². The molecule has 2 aliphatic carbocycles. The van der Waals surface area contributed by atoms with E-state index in [1.807, 2.05) is 18.2 Å². The fourth-order valence-electron chi connectivity index (χ4n) is 4.46. The van der Waals surface area contributed by atoms with Crippen LogP contribution in [-0.4, -0.2) is 27.6 Å². The van der Waals surface area contributed by atoms with E-state index in [9.17, 15) is 14.9 Å². The van der Waals surface area contributed by atoms with Gasteiger partial charge < -0.3 is 16.4 Å². The average molecular weight is 446 g/mol. The monoisotopic (exact) mass is 445 g/mol. The number of amides is 2. The van der Waals surface area contributed by atoms with Gasteiger partial charge >= 0.3 is 0 Å². The molecule has 9 heteroatoms. The zero-order valence-electron chi connectivity index (χ0n) is 18.4. The molecule has 1 heterocycles. The highest BCUT2D eigenvalue weighted by atomic mass is 16.2. The van der Waals surface area contributed by atoms with Crippen LogP contribution in [0.4, 0.5) is 5.82 Å². The number of nitrogens with one attached hydrogen (secondary N) is 2. The van der Waals surface area contributed by atoms with Crippen LogP contribution in [0.25, 0.3) is 0 Å². The van der Waals surface area contributed by atoms with Gasteiger partial charge in [0.1, 0.15) is 5.56 Å². The molecule has 4 N–H and O–H groups in total. The predicted molar refractivity (Wildman–Crippen MR) is 121 cm³/mol. The van der Waals surface area contributed by atoms with Gasteiger partial charge in [0.15, 0.2) is 5.82 Å². The summed E-state index contributed by atoms with van der Waals surface area (Å²) in [4.78, 5) is 24.2. The molecule has 1 aromatic carbocycles. The Morgan fingerprint density at radius 1 is 1.21 bits per heavy atom. The van der Waals surface area contributed by atoms with E-state index in [1.54, 1.807) is 16.9 Å². The predicted octanol–water partition coefficient (Wildman–Crippen LogP) is 2.54. The SMILES string of the molecule is N#CC[C@]1(n2cc(C(N)=O)c(NC(=O)C3CC3)n2)CC[C@H](NCc2cccc(C#N)c2)CC1. The minimum Gasteiger partial charge on any atom is -0.365 e. The summed E-state index contributed by atoms with van der Waals surface area (Å²) in [6, 6.07) is 12.2. The Hall–Kier alpha value is -3.69. The molecule has 2 saturated carbocycles. The number of benzene rings is 1. The lowest BCUT2D eigenvalue weighted by molar-refractivity contribution is -0.117. The molecule has 0 radical (unpaired) electrons. The molecule has 9 nitrogen and oxygen atoms in total. The van der Waals surface area contributed by atoms with Gasteiger partial charge in [0.2, 0.25) is 5.91 Å². The second-order valence-corrected chi connectivity index (χ2v) is 8.99. The van der Waals surface area contributed by atoms with E-state index in [-0.39, 0.29) is 35.7 Å². The molecular formula is C24H27N7O2. The average Bonchev–Trinajstić information content (AvgIpc) is 3.59. The molecule has 1 aromatic heterocycles. The van der Waals surface area contributed by atoms with Gasteiger partial charge in [0.05, 0.1) is 29.7 Å². The summed E-state index contributed by atoms with van der Waals surface area (Å²) >= 11 is 0. The molecule has 0 saturated heterocycles. The number of hydrogen-bond donors (Lipinski definition) is 3. The fraction of sp³-hybridized carbons (Fsp3) is 0.458. The number of nitriles is 2. The van der Waals surface area contributed by atoms with Crippen molar-refractivity contribution in [3.63, 3.8) is 0 Å². The van der Waals surface area contributed by atoms with E-state index >= 15 is 0 Å². The molecule has 2 aromatic rings. The summed E-state index contributed by atoms with van der Waals surface area (Å²) in [6.07, 6.45) is 6.56. The van der Waals surface area contributed by atoms with E-state index in [0.29, 0.717) is 24.9 Å². The largest absolute Gasteiger partial charge is 0.365 e. The first kappa shape index (κ1) is 22.5. The highest BCUT2D eigenvalue weighted by Gasteiger charge is 2.39. The smallest absolute Gasteiger partial charge is 0.254 e. The molecule has 2 amide bonds. The molecule has 2 aliphatic rings. The summed E-state index contributed by atoms with van der Waals surface area (Å²) in [5.41, 5.74) is 6.84. The van der Waals surface area contributed by atoms with Crippen LogP contribution < -0.4 is 16.4 Å². The van der Waals surface area contributed by atoms with Crippen LogP contribution in [0.2, 0.25) is 0 Å². The van der Waals surface area contributed by atoms with Gasteiger partial charge in [-0.25, -0.2) is 0 Å². The Balaban J connectivity index is 1.46. The number of hydrogen-bond acceptors (Lipinski definition) is 6. The zero-order valence-corrected chi connectivity index (χ0v) is 18.4. The minimum absolute atomic E-state index is 0.0284. The quantitative estimate of drug-likeness (QED) is 0.568. The maximum Gasteiger partial charge on any atom is 0.254 e. The van der Waals surface area contributed by atoms with Crippen molar-refractivity contribution in [3.05, 3.63) is 47.2 Å². The van der Waals surface area contributed by atoms with Crippen molar-refractivity contribution in [2.45, 2.75) is 63.1 Å². The summed E-state index contributed by atoms with van der Waals surface area (Å²) in [6.45, 7) is 0.663. The van der Waals surface area contributed by atoms with E-state index in [2.05, 4.69) is 27.9 Å². The van der Waals surface area contributed by atoms with Gasteiger partial charge in [0.25, 0.3) is 5.91 Å². The Bertz CT molecular complexity index is 1130. The molecule has 33 heavy (non-hydrogen) atoms. The fourth-order valence-corrected chi connectivity index (χ4v) is 4.46. The van der Waals surface area contributed by atoms with Crippen LogP contribution >= 0.6 is 0 Å². The number of nitrogens with zero attached hydrogens (tertiary/aromatic N) is 4. The summed E-state index contributed by atoms with van der Waals surface area (Å²) in [7, 11) is 0. The third-order valence-electron chi connectivity index (χ3n) is 6.63. The Morgan fingerprint density at radius 2 is 1.97 bits per heavy atom. The van der Waals surface area contributed by atoms with Crippen molar-refractivity contribution >= 4 is 17.6 Å². The highest BCUT2D eigenvalue weighted by Crippen LogP contribution is 2.39. The number of carbonyl (C=O) groups excluding carboxylic acids is 2. The molecule has 0 bridgehead atoms. The topological polar surface area (TPSA) is 150 Å². The molecule has 2 fully saturated rings. The normalized spacial score (nSPS) is 22.2. The molecule has 4 rings (SSSR count). The van der Waals surface area contributed by atoms with Crippen LogP contribution in [0.15, 0.2) is 30.5 Å². The van der Waals surface area contributed by atoms with Crippen molar-refractivity contribution < 1.29 is 9.59 Å². The summed E-state index contributed by atoms with van der Waals surface area (Å²) < 4.78 is 1.67. The lowest BCUT2D eigenvalue weighted by atomic mass is 9.77.